The van der Waals surface area contributed by atoms with E-state index in [0.29, 0.717) is 13.2 Å². The predicted octanol–water partition coefficient (Wildman–Crippen LogP) is 2.77. The first-order valence-corrected chi connectivity index (χ1v) is 6.59. The summed E-state index contributed by atoms with van der Waals surface area (Å²) in [5, 5.41) is 0. The molecule has 1 aromatic rings. The van der Waals surface area contributed by atoms with Gasteiger partial charge in [-0.05, 0) is 32.4 Å². The number of hydrogen-bond acceptors (Lipinski definition) is 3. The molecule has 0 atom stereocenters. The summed E-state index contributed by atoms with van der Waals surface area (Å²) in [6.45, 7) is 8.57. The molecule has 0 aliphatic heterocycles. The zero-order valence-electron chi connectivity index (χ0n) is 11.6. The zero-order valence-corrected chi connectivity index (χ0v) is 11.6. The highest BCUT2D eigenvalue weighted by molar-refractivity contribution is 5.71. The summed E-state index contributed by atoms with van der Waals surface area (Å²) in [4.78, 5) is 13.7. The fourth-order valence-electron chi connectivity index (χ4n) is 1.99. The van der Waals surface area contributed by atoms with E-state index in [1.807, 2.05) is 6.92 Å². The molecule has 0 bridgehead atoms. The fourth-order valence-corrected chi connectivity index (χ4v) is 1.99. The van der Waals surface area contributed by atoms with Gasteiger partial charge in [-0.2, -0.15) is 0 Å². The van der Waals surface area contributed by atoms with Gasteiger partial charge in [0.25, 0.3) is 0 Å². The molecule has 3 nitrogen and oxygen atoms in total. The van der Waals surface area contributed by atoms with Crippen LogP contribution in [0.4, 0.5) is 0 Å². The summed E-state index contributed by atoms with van der Waals surface area (Å²) in [6, 6.07) is 8.40. The van der Waals surface area contributed by atoms with Gasteiger partial charge in [0.1, 0.15) is 0 Å². The molecule has 0 aliphatic carbocycles. The quantitative estimate of drug-likeness (QED) is 0.696. The highest BCUT2D eigenvalue weighted by Gasteiger charge is 2.11. The first kappa shape index (κ1) is 14.7. The van der Waals surface area contributed by atoms with Gasteiger partial charge in [0, 0.05) is 6.54 Å². The van der Waals surface area contributed by atoms with Gasteiger partial charge in [0.2, 0.25) is 0 Å². The summed E-state index contributed by atoms with van der Waals surface area (Å²) < 4.78 is 5.00. The Kier molecular flexibility index (Phi) is 6.44. The Hall–Kier alpha value is -1.35. The van der Waals surface area contributed by atoms with E-state index in [2.05, 4.69) is 43.0 Å². The van der Waals surface area contributed by atoms with Crippen molar-refractivity contribution in [2.24, 2.45) is 0 Å². The van der Waals surface area contributed by atoms with Gasteiger partial charge in [-0.15, -0.1) is 0 Å². The Balaban J connectivity index is 2.59. The maximum absolute atomic E-state index is 11.5. The van der Waals surface area contributed by atoms with E-state index < -0.39 is 0 Å². The van der Waals surface area contributed by atoms with Crippen LogP contribution in [0.15, 0.2) is 24.3 Å². The number of rotatable bonds is 7. The summed E-state index contributed by atoms with van der Waals surface area (Å²) in [7, 11) is 0. The lowest BCUT2D eigenvalue weighted by molar-refractivity contribution is -0.144. The molecule has 0 unspecified atom stereocenters. The van der Waals surface area contributed by atoms with Crippen molar-refractivity contribution in [2.75, 3.05) is 19.7 Å². The zero-order chi connectivity index (χ0) is 13.4. The summed E-state index contributed by atoms with van der Waals surface area (Å²) >= 11 is 0. The van der Waals surface area contributed by atoms with E-state index in [1.165, 1.54) is 11.1 Å². The summed E-state index contributed by atoms with van der Waals surface area (Å²) in [6.07, 6.45) is 1.03. The highest BCUT2D eigenvalue weighted by atomic mass is 16.5. The molecule has 0 heterocycles. The minimum absolute atomic E-state index is 0.140. The molecular weight excluding hydrogens is 226 g/mol. The largest absolute Gasteiger partial charge is 0.465 e. The molecule has 0 amide bonds. The molecule has 0 saturated heterocycles. The molecule has 0 fully saturated rings. The molecule has 1 rings (SSSR count). The maximum Gasteiger partial charge on any atom is 0.320 e. The normalized spacial score (nSPS) is 10.7. The molecule has 0 aromatic heterocycles. The number of carbonyl (C=O) groups excluding carboxylic acids is 1. The number of hydrogen-bond donors (Lipinski definition) is 0. The first-order valence-electron chi connectivity index (χ1n) is 6.59. The van der Waals surface area contributed by atoms with Crippen LogP contribution in [-0.2, 0) is 16.1 Å². The Morgan fingerprint density at radius 2 is 2.11 bits per heavy atom. The van der Waals surface area contributed by atoms with E-state index in [9.17, 15) is 4.79 Å². The highest BCUT2D eigenvalue weighted by Crippen LogP contribution is 2.08. The van der Waals surface area contributed by atoms with Crippen molar-refractivity contribution in [3.63, 3.8) is 0 Å². The van der Waals surface area contributed by atoms with Crippen molar-refractivity contribution < 1.29 is 9.53 Å². The standard InChI is InChI=1S/C15H23NO2/c1-4-9-16(12-15(17)18-5-2)11-14-8-6-7-13(3)10-14/h6-8,10H,4-5,9,11-12H2,1-3H3. The lowest BCUT2D eigenvalue weighted by atomic mass is 10.1. The molecule has 1 aromatic carbocycles. The van der Waals surface area contributed by atoms with E-state index in [1.54, 1.807) is 0 Å². The van der Waals surface area contributed by atoms with Gasteiger partial charge in [-0.3, -0.25) is 9.69 Å². The topological polar surface area (TPSA) is 29.5 Å². The molecule has 100 valence electrons. The average Bonchev–Trinajstić information content (AvgIpc) is 2.29. The van der Waals surface area contributed by atoms with Gasteiger partial charge in [0.15, 0.2) is 0 Å². The number of ether oxygens (including phenoxy) is 1. The van der Waals surface area contributed by atoms with Crippen LogP contribution in [0.1, 0.15) is 31.4 Å². The van der Waals surface area contributed by atoms with Crippen molar-refractivity contribution in [3.05, 3.63) is 35.4 Å². The third kappa shape index (κ3) is 5.32. The van der Waals surface area contributed by atoms with Crippen LogP contribution < -0.4 is 0 Å². The van der Waals surface area contributed by atoms with Gasteiger partial charge in [-0.1, -0.05) is 36.8 Å². The van der Waals surface area contributed by atoms with Crippen molar-refractivity contribution in [3.8, 4) is 0 Å². The second kappa shape index (κ2) is 7.88. The Morgan fingerprint density at radius 3 is 2.72 bits per heavy atom. The van der Waals surface area contributed by atoms with Crippen molar-refractivity contribution >= 4 is 5.97 Å². The van der Waals surface area contributed by atoms with Gasteiger partial charge in [-0.25, -0.2) is 0 Å². The van der Waals surface area contributed by atoms with E-state index in [-0.39, 0.29) is 5.97 Å². The third-order valence-corrected chi connectivity index (χ3v) is 2.69. The molecule has 18 heavy (non-hydrogen) atoms. The first-order chi connectivity index (χ1) is 8.65. The number of esters is 1. The van der Waals surface area contributed by atoms with Gasteiger partial charge in [0.05, 0.1) is 13.2 Å². The van der Waals surface area contributed by atoms with Crippen LogP contribution in [-0.4, -0.2) is 30.6 Å². The second-order valence-corrected chi connectivity index (χ2v) is 4.50. The maximum atomic E-state index is 11.5. The molecular formula is C15H23NO2. The Labute approximate surface area is 110 Å². The minimum Gasteiger partial charge on any atom is -0.465 e. The van der Waals surface area contributed by atoms with Crippen LogP contribution in [0.3, 0.4) is 0 Å². The SMILES string of the molecule is CCCN(CC(=O)OCC)Cc1cccc(C)c1. The lowest BCUT2D eigenvalue weighted by Gasteiger charge is -2.20. The molecule has 0 N–H and O–H groups in total. The number of nitrogens with zero attached hydrogens (tertiary/aromatic N) is 1. The summed E-state index contributed by atoms with van der Waals surface area (Å²) in [5.74, 6) is -0.140. The van der Waals surface area contributed by atoms with Crippen LogP contribution in [0, 0.1) is 6.92 Å². The van der Waals surface area contributed by atoms with Crippen LogP contribution in [0.2, 0.25) is 0 Å². The lowest BCUT2D eigenvalue weighted by Crippen LogP contribution is -2.31. The predicted molar refractivity (Wildman–Crippen MR) is 73.4 cm³/mol. The van der Waals surface area contributed by atoms with Crippen molar-refractivity contribution in [2.45, 2.75) is 33.7 Å². The minimum atomic E-state index is -0.140. The monoisotopic (exact) mass is 249 g/mol. The number of benzene rings is 1. The van der Waals surface area contributed by atoms with E-state index in [0.717, 1.165) is 19.5 Å². The van der Waals surface area contributed by atoms with Crippen molar-refractivity contribution in [1.29, 1.82) is 0 Å². The van der Waals surface area contributed by atoms with Gasteiger partial charge >= 0.3 is 5.97 Å². The van der Waals surface area contributed by atoms with Crippen LogP contribution >= 0.6 is 0 Å². The molecule has 0 radical (unpaired) electrons. The smallest absolute Gasteiger partial charge is 0.320 e. The summed E-state index contributed by atoms with van der Waals surface area (Å²) in [5.41, 5.74) is 2.49. The van der Waals surface area contributed by atoms with Crippen LogP contribution in [0.5, 0.6) is 0 Å². The molecule has 0 aliphatic rings. The van der Waals surface area contributed by atoms with E-state index in [4.69, 9.17) is 4.74 Å². The van der Waals surface area contributed by atoms with Crippen molar-refractivity contribution in [1.82, 2.24) is 4.90 Å². The number of carbonyl (C=O) groups is 1. The molecule has 0 saturated carbocycles. The number of aryl methyl sites for hydroxylation is 1. The third-order valence-electron chi connectivity index (χ3n) is 2.69. The van der Waals surface area contributed by atoms with Crippen LogP contribution in [0.25, 0.3) is 0 Å². The van der Waals surface area contributed by atoms with Gasteiger partial charge < -0.3 is 4.74 Å². The Bertz CT molecular complexity index is 377. The average molecular weight is 249 g/mol. The Morgan fingerprint density at radius 1 is 1.33 bits per heavy atom. The fraction of sp³-hybridized carbons (Fsp3) is 0.533. The van der Waals surface area contributed by atoms with E-state index >= 15 is 0 Å². The second-order valence-electron chi connectivity index (χ2n) is 4.50. The molecule has 0 spiro atoms. The molecule has 3 heteroatoms.